The van der Waals surface area contributed by atoms with Crippen LogP contribution >= 0.6 is 0 Å². The maximum Gasteiger partial charge on any atom is 0.0271 e. The molecule has 3 heteroatoms. The number of rotatable bonds is 2. The van der Waals surface area contributed by atoms with Crippen LogP contribution in [0.3, 0.4) is 0 Å². The van der Waals surface area contributed by atoms with Crippen LogP contribution in [0.4, 0.5) is 0 Å². The van der Waals surface area contributed by atoms with Crippen molar-refractivity contribution in [3.05, 3.63) is 0 Å². The van der Waals surface area contributed by atoms with Crippen LogP contribution in [0.5, 0.6) is 0 Å². The zero-order chi connectivity index (χ0) is 13.9. The summed E-state index contributed by atoms with van der Waals surface area (Å²) < 4.78 is 0. The largest absolute Gasteiger partial charge is 0.317 e. The van der Waals surface area contributed by atoms with E-state index in [1.54, 1.807) is 0 Å². The van der Waals surface area contributed by atoms with E-state index in [1.165, 1.54) is 58.5 Å². The number of nitrogens with one attached hydrogen (secondary N) is 1. The van der Waals surface area contributed by atoms with Gasteiger partial charge in [0.1, 0.15) is 0 Å². The van der Waals surface area contributed by atoms with Crippen molar-refractivity contribution in [2.45, 2.75) is 59.0 Å². The SMILES string of the molecule is CCN1CCCN(C2CCNCC2)CC1C(C)(C)C. The molecule has 2 fully saturated rings. The molecule has 0 aromatic heterocycles. The van der Waals surface area contributed by atoms with Gasteiger partial charge in [-0.1, -0.05) is 27.7 Å². The molecule has 0 aromatic rings. The second-order valence-electron chi connectivity index (χ2n) is 7.34. The zero-order valence-electron chi connectivity index (χ0n) is 13.4. The van der Waals surface area contributed by atoms with E-state index < -0.39 is 0 Å². The molecule has 0 saturated carbocycles. The second-order valence-corrected chi connectivity index (χ2v) is 7.34. The predicted molar refractivity (Wildman–Crippen MR) is 82.6 cm³/mol. The molecular weight excluding hydrogens is 234 g/mol. The summed E-state index contributed by atoms with van der Waals surface area (Å²) in [6, 6.07) is 1.53. The highest BCUT2D eigenvalue weighted by atomic mass is 15.3. The average molecular weight is 267 g/mol. The van der Waals surface area contributed by atoms with E-state index in [1.807, 2.05) is 0 Å². The van der Waals surface area contributed by atoms with Crippen LogP contribution in [0.15, 0.2) is 0 Å². The zero-order valence-corrected chi connectivity index (χ0v) is 13.4. The van der Waals surface area contributed by atoms with Crippen LogP contribution in [0.2, 0.25) is 0 Å². The van der Waals surface area contributed by atoms with Gasteiger partial charge in [-0.05, 0) is 57.4 Å². The van der Waals surface area contributed by atoms with Crippen LogP contribution in [0.25, 0.3) is 0 Å². The molecule has 1 atom stereocenters. The molecule has 0 amide bonds. The highest BCUT2D eigenvalue weighted by Gasteiger charge is 2.35. The predicted octanol–water partition coefficient (Wildman–Crippen LogP) is 2.18. The number of likely N-dealkylation sites (N-methyl/N-ethyl adjacent to an activating group) is 1. The minimum atomic E-state index is 0.380. The first-order valence-electron chi connectivity index (χ1n) is 8.21. The van der Waals surface area contributed by atoms with Gasteiger partial charge in [-0.2, -0.15) is 0 Å². The third-order valence-electron chi connectivity index (χ3n) is 4.97. The van der Waals surface area contributed by atoms with E-state index >= 15 is 0 Å². The molecule has 3 nitrogen and oxygen atoms in total. The molecule has 2 heterocycles. The molecule has 0 radical (unpaired) electrons. The van der Waals surface area contributed by atoms with Gasteiger partial charge in [0.05, 0.1) is 0 Å². The molecule has 0 spiro atoms. The van der Waals surface area contributed by atoms with Crippen LogP contribution in [0.1, 0.15) is 47.0 Å². The van der Waals surface area contributed by atoms with Gasteiger partial charge in [-0.15, -0.1) is 0 Å². The summed E-state index contributed by atoms with van der Waals surface area (Å²) in [5.74, 6) is 0. The standard InChI is InChI=1S/C16H33N3/c1-5-18-11-6-12-19(13-15(18)16(2,3)4)14-7-9-17-10-8-14/h14-15,17H,5-13H2,1-4H3. The smallest absolute Gasteiger partial charge is 0.0271 e. The molecule has 0 aromatic carbocycles. The van der Waals surface area contributed by atoms with Gasteiger partial charge < -0.3 is 5.32 Å². The van der Waals surface area contributed by atoms with Gasteiger partial charge in [-0.25, -0.2) is 0 Å². The Hall–Kier alpha value is -0.120. The first kappa shape index (κ1) is 15.3. The van der Waals surface area contributed by atoms with E-state index in [4.69, 9.17) is 0 Å². The Morgan fingerprint density at radius 1 is 1.11 bits per heavy atom. The molecule has 1 N–H and O–H groups in total. The van der Waals surface area contributed by atoms with E-state index in [9.17, 15) is 0 Å². The van der Waals surface area contributed by atoms with Gasteiger partial charge in [0.15, 0.2) is 0 Å². The average Bonchev–Trinajstić information content (AvgIpc) is 2.61. The second kappa shape index (κ2) is 6.55. The highest BCUT2D eigenvalue weighted by Crippen LogP contribution is 2.29. The molecule has 2 saturated heterocycles. The molecule has 1 unspecified atom stereocenters. The minimum Gasteiger partial charge on any atom is -0.317 e. The number of hydrogen-bond donors (Lipinski definition) is 1. The maximum absolute atomic E-state index is 3.49. The Morgan fingerprint density at radius 2 is 1.79 bits per heavy atom. The molecule has 112 valence electrons. The van der Waals surface area contributed by atoms with Crippen molar-refractivity contribution in [2.24, 2.45) is 5.41 Å². The van der Waals surface area contributed by atoms with Crippen LogP contribution in [-0.2, 0) is 0 Å². The molecule has 2 aliphatic heterocycles. The number of hydrogen-bond acceptors (Lipinski definition) is 3. The van der Waals surface area contributed by atoms with Crippen LogP contribution in [0, 0.1) is 5.41 Å². The van der Waals surface area contributed by atoms with Gasteiger partial charge in [-0.3, -0.25) is 9.80 Å². The summed E-state index contributed by atoms with van der Waals surface area (Å²) in [6.07, 6.45) is 4.01. The Morgan fingerprint density at radius 3 is 2.37 bits per heavy atom. The summed E-state index contributed by atoms with van der Waals surface area (Å²) in [5.41, 5.74) is 0.380. The van der Waals surface area contributed by atoms with E-state index in [2.05, 4.69) is 42.8 Å². The summed E-state index contributed by atoms with van der Waals surface area (Å²) in [7, 11) is 0. The molecule has 0 aliphatic carbocycles. The van der Waals surface area contributed by atoms with E-state index in [0.717, 1.165) is 6.04 Å². The third kappa shape index (κ3) is 3.93. The lowest BCUT2D eigenvalue weighted by molar-refractivity contribution is 0.0717. The third-order valence-corrected chi connectivity index (χ3v) is 4.97. The van der Waals surface area contributed by atoms with Gasteiger partial charge in [0, 0.05) is 18.6 Å². The maximum atomic E-state index is 3.49. The summed E-state index contributed by atoms with van der Waals surface area (Å²) >= 11 is 0. The van der Waals surface area contributed by atoms with Crippen molar-refractivity contribution in [1.82, 2.24) is 15.1 Å². The topological polar surface area (TPSA) is 18.5 Å². The van der Waals surface area contributed by atoms with E-state index in [-0.39, 0.29) is 0 Å². The van der Waals surface area contributed by atoms with Crippen LogP contribution < -0.4 is 5.32 Å². The van der Waals surface area contributed by atoms with Crippen molar-refractivity contribution >= 4 is 0 Å². The number of nitrogens with zero attached hydrogens (tertiary/aromatic N) is 2. The summed E-state index contributed by atoms with van der Waals surface area (Å²) in [6.45, 7) is 17.0. The molecule has 0 bridgehead atoms. The quantitative estimate of drug-likeness (QED) is 0.827. The minimum absolute atomic E-state index is 0.380. The normalized spacial score (nSPS) is 29.4. The lowest BCUT2D eigenvalue weighted by atomic mass is 9.85. The fourth-order valence-corrected chi connectivity index (χ4v) is 3.77. The lowest BCUT2D eigenvalue weighted by Gasteiger charge is -2.42. The fourth-order valence-electron chi connectivity index (χ4n) is 3.77. The van der Waals surface area contributed by atoms with Crippen molar-refractivity contribution in [3.63, 3.8) is 0 Å². The number of piperidine rings is 1. The van der Waals surface area contributed by atoms with Gasteiger partial charge >= 0.3 is 0 Å². The van der Waals surface area contributed by atoms with Gasteiger partial charge in [0.2, 0.25) is 0 Å². The Labute approximate surface area is 119 Å². The molecular formula is C16H33N3. The first-order valence-corrected chi connectivity index (χ1v) is 8.21. The van der Waals surface area contributed by atoms with Crippen molar-refractivity contribution in [3.8, 4) is 0 Å². The summed E-state index contributed by atoms with van der Waals surface area (Å²) in [5, 5.41) is 3.49. The van der Waals surface area contributed by atoms with Crippen molar-refractivity contribution in [2.75, 3.05) is 39.3 Å². The molecule has 2 rings (SSSR count). The molecule has 2 aliphatic rings. The molecule has 19 heavy (non-hydrogen) atoms. The van der Waals surface area contributed by atoms with Crippen LogP contribution in [-0.4, -0.2) is 61.2 Å². The van der Waals surface area contributed by atoms with E-state index in [0.29, 0.717) is 11.5 Å². The van der Waals surface area contributed by atoms with Gasteiger partial charge in [0.25, 0.3) is 0 Å². The Bertz CT molecular complexity index is 266. The highest BCUT2D eigenvalue weighted by molar-refractivity contribution is 4.90. The Kier molecular flexibility index (Phi) is 5.27. The Balaban J connectivity index is 2.06. The monoisotopic (exact) mass is 267 g/mol. The van der Waals surface area contributed by atoms with Crippen molar-refractivity contribution < 1.29 is 0 Å². The fraction of sp³-hybridized carbons (Fsp3) is 1.00. The lowest BCUT2D eigenvalue weighted by Crippen LogP contribution is -2.52. The first-order chi connectivity index (χ1) is 9.02. The summed E-state index contributed by atoms with van der Waals surface area (Å²) in [4.78, 5) is 5.51. The van der Waals surface area contributed by atoms with Crippen molar-refractivity contribution in [1.29, 1.82) is 0 Å².